The molecule has 0 aromatic heterocycles. The highest BCUT2D eigenvalue weighted by atomic mass is 19.4. The molecule has 0 bridgehead atoms. The van der Waals surface area contributed by atoms with Gasteiger partial charge < -0.3 is 0 Å². The first-order chi connectivity index (χ1) is 9.47. The van der Waals surface area contributed by atoms with E-state index in [0.29, 0.717) is 0 Å². The van der Waals surface area contributed by atoms with Gasteiger partial charge >= 0.3 is 6.18 Å². The maximum atomic E-state index is 12.4. The Hall–Kier alpha value is -2.36. The van der Waals surface area contributed by atoms with Crippen molar-refractivity contribution >= 4 is 11.9 Å². The minimum atomic E-state index is -4.39. The third kappa shape index (κ3) is 3.57. The number of rotatable bonds is 3. The van der Waals surface area contributed by atoms with Gasteiger partial charge in [0.1, 0.15) is 0 Å². The van der Waals surface area contributed by atoms with Crippen LogP contribution in [0, 0.1) is 0 Å². The first-order valence-corrected chi connectivity index (χ1v) is 5.91. The molecule has 0 amide bonds. The van der Waals surface area contributed by atoms with E-state index in [1.807, 2.05) is 30.3 Å². The Morgan fingerprint density at radius 3 is 2.05 bits per heavy atom. The second-order valence-electron chi connectivity index (χ2n) is 4.18. The van der Waals surface area contributed by atoms with E-state index in [-0.39, 0.29) is 11.3 Å². The summed E-state index contributed by atoms with van der Waals surface area (Å²) in [7, 11) is 0. The van der Waals surface area contributed by atoms with Crippen LogP contribution in [-0.4, -0.2) is 5.78 Å². The van der Waals surface area contributed by atoms with Crippen LogP contribution in [-0.2, 0) is 6.18 Å². The highest BCUT2D eigenvalue weighted by Gasteiger charge is 2.30. The molecule has 0 saturated carbocycles. The standard InChI is InChI=1S/C16H11F3O/c17-16(18,19)14-9-7-13(8-10-14)15(20)11-6-12-4-2-1-3-5-12/h1-11H. The maximum absolute atomic E-state index is 12.4. The van der Waals surface area contributed by atoms with Gasteiger partial charge in [-0.1, -0.05) is 48.5 Å². The zero-order valence-electron chi connectivity index (χ0n) is 10.4. The van der Waals surface area contributed by atoms with Crippen molar-refractivity contribution in [1.29, 1.82) is 0 Å². The van der Waals surface area contributed by atoms with Gasteiger partial charge in [0.25, 0.3) is 0 Å². The molecule has 4 heteroatoms. The summed E-state index contributed by atoms with van der Waals surface area (Å²) in [6.07, 6.45) is -1.42. The molecule has 1 nitrogen and oxygen atoms in total. The van der Waals surface area contributed by atoms with E-state index >= 15 is 0 Å². The Morgan fingerprint density at radius 1 is 0.900 bits per heavy atom. The second kappa shape index (κ2) is 5.74. The lowest BCUT2D eigenvalue weighted by atomic mass is 10.1. The molecule has 0 saturated heterocycles. The van der Waals surface area contributed by atoms with Gasteiger partial charge in [-0.25, -0.2) is 0 Å². The van der Waals surface area contributed by atoms with Gasteiger partial charge in [-0.3, -0.25) is 4.79 Å². The number of hydrogen-bond donors (Lipinski definition) is 0. The smallest absolute Gasteiger partial charge is 0.289 e. The summed E-state index contributed by atoms with van der Waals surface area (Å²) in [5.41, 5.74) is 0.319. The fourth-order valence-electron chi connectivity index (χ4n) is 1.66. The third-order valence-corrected chi connectivity index (χ3v) is 2.72. The fraction of sp³-hybridized carbons (Fsp3) is 0.0625. The first-order valence-electron chi connectivity index (χ1n) is 5.91. The molecule has 0 radical (unpaired) electrons. The van der Waals surface area contributed by atoms with Gasteiger partial charge in [0.15, 0.2) is 5.78 Å². The van der Waals surface area contributed by atoms with Crippen molar-refractivity contribution in [2.45, 2.75) is 6.18 Å². The molecule has 102 valence electrons. The summed E-state index contributed by atoms with van der Waals surface area (Å²) < 4.78 is 37.2. The number of allylic oxidation sites excluding steroid dienone is 1. The van der Waals surface area contributed by atoms with E-state index in [1.165, 1.54) is 18.2 Å². The van der Waals surface area contributed by atoms with E-state index in [4.69, 9.17) is 0 Å². The number of ketones is 1. The summed E-state index contributed by atoms with van der Waals surface area (Å²) in [5.74, 6) is -0.331. The SMILES string of the molecule is O=C(C=Cc1ccccc1)c1ccc(C(F)(F)F)cc1. The van der Waals surface area contributed by atoms with Crippen LogP contribution in [0.15, 0.2) is 60.7 Å². The van der Waals surface area contributed by atoms with Crippen LogP contribution < -0.4 is 0 Å². The van der Waals surface area contributed by atoms with Crippen LogP contribution in [0.25, 0.3) is 6.08 Å². The van der Waals surface area contributed by atoms with Crippen molar-refractivity contribution in [3.05, 3.63) is 77.4 Å². The normalized spacial score (nSPS) is 11.8. The minimum absolute atomic E-state index is 0.227. The van der Waals surface area contributed by atoms with Crippen LogP contribution in [0.2, 0.25) is 0 Å². The summed E-state index contributed by atoms with van der Waals surface area (Å²) in [6.45, 7) is 0. The highest BCUT2D eigenvalue weighted by molar-refractivity contribution is 6.06. The number of carbonyl (C=O) groups excluding carboxylic acids is 1. The topological polar surface area (TPSA) is 17.1 Å². The molecule has 2 aromatic rings. The van der Waals surface area contributed by atoms with Crippen molar-refractivity contribution in [3.63, 3.8) is 0 Å². The van der Waals surface area contributed by atoms with Gasteiger partial charge in [0, 0.05) is 5.56 Å². The number of carbonyl (C=O) groups is 1. The van der Waals surface area contributed by atoms with Gasteiger partial charge in [-0.15, -0.1) is 0 Å². The quantitative estimate of drug-likeness (QED) is 0.591. The Kier molecular flexibility index (Phi) is 4.03. The molecule has 0 N–H and O–H groups in total. The summed E-state index contributed by atoms with van der Waals surface area (Å²) >= 11 is 0. The molecule has 0 aliphatic rings. The minimum Gasteiger partial charge on any atom is -0.289 e. The van der Waals surface area contributed by atoms with E-state index < -0.39 is 11.7 Å². The van der Waals surface area contributed by atoms with Gasteiger partial charge in [-0.2, -0.15) is 13.2 Å². The molecule has 0 aliphatic carbocycles. The zero-order valence-corrected chi connectivity index (χ0v) is 10.4. The molecule has 0 atom stereocenters. The average molecular weight is 276 g/mol. The number of halogens is 3. The predicted octanol–water partition coefficient (Wildman–Crippen LogP) is 4.60. The predicted molar refractivity (Wildman–Crippen MR) is 71.3 cm³/mol. The van der Waals surface area contributed by atoms with E-state index in [0.717, 1.165) is 17.7 Å². The van der Waals surface area contributed by atoms with E-state index in [2.05, 4.69) is 0 Å². The molecule has 0 spiro atoms. The Balaban J connectivity index is 2.12. The van der Waals surface area contributed by atoms with Crippen molar-refractivity contribution in [3.8, 4) is 0 Å². The zero-order chi connectivity index (χ0) is 14.6. The summed E-state index contributed by atoms with van der Waals surface area (Å²) in [5, 5.41) is 0. The average Bonchev–Trinajstić information content (AvgIpc) is 2.45. The molecular formula is C16H11F3O. The Labute approximate surface area is 114 Å². The van der Waals surface area contributed by atoms with Gasteiger partial charge in [0.05, 0.1) is 5.56 Å². The van der Waals surface area contributed by atoms with Crippen LogP contribution in [0.3, 0.4) is 0 Å². The molecule has 0 aliphatic heterocycles. The number of hydrogen-bond acceptors (Lipinski definition) is 1. The largest absolute Gasteiger partial charge is 0.416 e. The molecular weight excluding hydrogens is 265 g/mol. The summed E-state index contributed by atoms with van der Waals surface area (Å²) in [4.78, 5) is 11.8. The van der Waals surface area contributed by atoms with Crippen LogP contribution in [0.5, 0.6) is 0 Å². The molecule has 0 unspecified atom stereocenters. The monoisotopic (exact) mass is 276 g/mol. The van der Waals surface area contributed by atoms with Gasteiger partial charge in [-0.05, 0) is 23.8 Å². The van der Waals surface area contributed by atoms with E-state index in [9.17, 15) is 18.0 Å². The first kappa shape index (κ1) is 14.1. The second-order valence-corrected chi connectivity index (χ2v) is 4.18. The Bertz CT molecular complexity index is 610. The van der Waals surface area contributed by atoms with Crippen LogP contribution in [0.1, 0.15) is 21.5 Å². The molecule has 2 rings (SSSR count). The van der Waals surface area contributed by atoms with Crippen molar-refractivity contribution in [2.24, 2.45) is 0 Å². The van der Waals surface area contributed by atoms with Crippen molar-refractivity contribution in [1.82, 2.24) is 0 Å². The third-order valence-electron chi connectivity index (χ3n) is 2.72. The Morgan fingerprint density at radius 2 is 1.50 bits per heavy atom. The summed E-state index contributed by atoms with van der Waals surface area (Å²) in [6, 6.07) is 13.4. The molecule has 20 heavy (non-hydrogen) atoms. The number of alkyl halides is 3. The lowest BCUT2D eigenvalue weighted by molar-refractivity contribution is -0.137. The van der Waals surface area contributed by atoms with Crippen molar-refractivity contribution < 1.29 is 18.0 Å². The fourth-order valence-corrected chi connectivity index (χ4v) is 1.66. The van der Waals surface area contributed by atoms with Crippen molar-refractivity contribution in [2.75, 3.05) is 0 Å². The number of benzene rings is 2. The maximum Gasteiger partial charge on any atom is 0.416 e. The molecule has 0 heterocycles. The van der Waals surface area contributed by atoms with Gasteiger partial charge in [0.2, 0.25) is 0 Å². The molecule has 2 aromatic carbocycles. The van der Waals surface area contributed by atoms with Crippen LogP contribution >= 0.6 is 0 Å². The van der Waals surface area contributed by atoms with Crippen LogP contribution in [0.4, 0.5) is 13.2 Å². The van der Waals surface area contributed by atoms with E-state index in [1.54, 1.807) is 6.08 Å². The lowest BCUT2D eigenvalue weighted by Gasteiger charge is -2.06. The molecule has 0 fully saturated rings. The highest BCUT2D eigenvalue weighted by Crippen LogP contribution is 2.29. The lowest BCUT2D eigenvalue weighted by Crippen LogP contribution is -2.05.